The Balaban J connectivity index is 1.77. The first kappa shape index (κ1) is 25.7. The minimum absolute atomic E-state index is 0.0422. The van der Waals surface area contributed by atoms with Gasteiger partial charge in [0.25, 0.3) is 11.8 Å². The quantitative estimate of drug-likeness (QED) is 0.219. The van der Waals surface area contributed by atoms with Crippen molar-refractivity contribution in [3.63, 3.8) is 0 Å². The Labute approximate surface area is 223 Å². The molecule has 2 heterocycles. The molecule has 0 N–H and O–H groups in total. The molecule has 0 radical (unpaired) electrons. The van der Waals surface area contributed by atoms with Gasteiger partial charge in [-0.25, -0.2) is 9.37 Å². The van der Waals surface area contributed by atoms with Gasteiger partial charge in [-0.05, 0) is 35.9 Å². The number of rotatable bonds is 5. The minimum atomic E-state index is -1.44. The van der Waals surface area contributed by atoms with Crippen molar-refractivity contribution in [2.24, 2.45) is 0 Å². The number of fused-ring (bicyclic) bond motifs is 2. The van der Waals surface area contributed by atoms with E-state index in [0.29, 0.717) is 32.9 Å². The summed E-state index contributed by atoms with van der Waals surface area (Å²) in [5.74, 6) is -3.13. The Morgan fingerprint density at radius 2 is 1.67 bits per heavy atom. The molecular formula is C29H25N3O7. The van der Waals surface area contributed by atoms with Gasteiger partial charge in [-0.3, -0.25) is 9.59 Å². The highest BCUT2D eigenvalue weighted by Crippen LogP contribution is 2.42. The molecular weight excluding hydrogens is 502 g/mol. The maximum absolute atomic E-state index is 13.0. The number of carbonyl (C=O) groups is 4. The van der Waals surface area contributed by atoms with Crippen LogP contribution in [0.25, 0.3) is 33.4 Å². The molecule has 0 bridgehead atoms. The first-order valence-corrected chi connectivity index (χ1v) is 12.2. The molecule has 39 heavy (non-hydrogen) atoms. The Kier molecular flexibility index (Phi) is 6.39. The number of aromatic carboxylic acids is 1. The van der Waals surface area contributed by atoms with Crippen molar-refractivity contribution in [2.75, 3.05) is 33.1 Å². The topological polar surface area (TPSA) is 123 Å². The van der Waals surface area contributed by atoms with Gasteiger partial charge in [0.2, 0.25) is 5.36 Å². The number of carboxylic acids is 1. The molecule has 198 valence electrons. The molecule has 0 spiro atoms. The number of carbonyl (C=O) groups excluding carboxylic acids is 4. The van der Waals surface area contributed by atoms with Crippen LogP contribution in [0.5, 0.6) is 0 Å². The molecule has 5 rings (SSSR count). The number of benzene rings is 3. The zero-order valence-electron chi connectivity index (χ0n) is 21.8. The molecule has 1 saturated heterocycles. The lowest BCUT2D eigenvalue weighted by molar-refractivity contribution is -0.254. The third-order valence-electron chi connectivity index (χ3n) is 6.65. The lowest BCUT2D eigenvalue weighted by atomic mass is 9.89. The van der Waals surface area contributed by atoms with Gasteiger partial charge in [-0.2, -0.15) is 0 Å². The van der Waals surface area contributed by atoms with E-state index in [1.807, 2.05) is 74.1 Å². The summed E-state index contributed by atoms with van der Waals surface area (Å²) in [7, 11) is 7.58. The van der Waals surface area contributed by atoms with Crippen molar-refractivity contribution >= 4 is 40.4 Å². The molecule has 10 nitrogen and oxygen atoms in total. The molecule has 3 aliphatic rings. The van der Waals surface area contributed by atoms with Crippen molar-refractivity contribution < 1.29 is 33.5 Å². The standard InChI is InChI=1S/C29H25N3O7/c1-30(2)17-6-9-20-23(14-17)38-24-15-18(31(3)4)7-10-21(24)27(20)22-13-16(5-8-19(22)28(35)36)29(37)39-32-25(33)11-12-26(32)34/h5-10,13-15H,11-12H2,1-4H3. The van der Waals surface area contributed by atoms with E-state index in [4.69, 9.17) is 9.25 Å². The van der Waals surface area contributed by atoms with E-state index < -0.39 is 23.8 Å². The number of hydrogen-bond acceptors (Lipinski definition) is 8. The number of carboxylic acid groups (broad SMARTS) is 1. The predicted molar refractivity (Wildman–Crippen MR) is 141 cm³/mol. The van der Waals surface area contributed by atoms with Gasteiger partial charge >= 0.3 is 5.97 Å². The average molecular weight is 528 g/mol. The van der Waals surface area contributed by atoms with Gasteiger partial charge in [0.05, 0.1) is 17.6 Å². The van der Waals surface area contributed by atoms with Crippen LogP contribution in [0.15, 0.2) is 59.0 Å². The van der Waals surface area contributed by atoms with E-state index in [9.17, 15) is 24.3 Å². The molecule has 1 fully saturated rings. The first-order chi connectivity index (χ1) is 18.5. The Morgan fingerprint density at radius 3 is 2.31 bits per heavy atom. The van der Waals surface area contributed by atoms with E-state index in [2.05, 4.69) is 0 Å². The summed E-state index contributed by atoms with van der Waals surface area (Å²) >= 11 is 0. The summed E-state index contributed by atoms with van der Waals surface area (Å²) in [5, 5.41) is 14.2. The Bertz CT molecular complexity index is 1710. The lowest BCUT2D eigenvalue weighted by Gasteiger charge is -2.20. The van der Waals surface area contributed by atoms with E-state index in [1.54, 1.807) is 0 Å². The Morgan fingerprint density at radius 1 is 0.949 bits per heavy atom. The Hall–Kier alpha value is -4.99. The molecule has 0 unspecified atom stereocenters. The SMILES string of the molecule is CN(C)c1ccc2c(-c3cc(C(=O)ON4C(=O)CCC4=O)ccc3C(=O)[O-])c3ccc(=[N+](C)C)cc-3oc2c1. The maximum Gasteiger partial charge on any atom is 0.363 e. The number of nitrogens with zero attached hydrogens (tertiary/aromatic N) is 3. The second kappa shape index (κ2) is 9.71. The van der Waals surface area contributed by atoms with Crippen LogP contribution in [0.2, 0.25) is 0 Å². The second-order valence-corrected chi connectivity index (χ2v) is 9.64. The predicted octanol–water partition coefficient (Wildman–Crippen LogP) is 1.89. The van der Waals surface area contributed by atoms with Crippen molar-refractivity contribution in [3.05, 3.63) is 71.1 Å². The minimum Gasteiger partial charge on any atom is -0.545 e. The molecule has 1 aliphatic carbocycles. The summed E-state index contributed by atoms with van der Waals surface area (Å²) in [6.07, 6.45) is -0.0906. The zero-order valence-corrected chi connectivity index (χ0v) is 21.8. The maximum atomic E-state index is 13.0. The number of anilines is 1. The third-order valence-corrected chi connectivity index (χ3v) is 6.65. The number of imide groups is 1. The molecule has 0 aromatic heterocycles. The van der Waals surface area contributed by atoms with E-state index in [1.165, 1.54) is 18.2 Å². The lowest BCUT2D eigenvalue weighted by Crippen LogP contribution is -2.32. The second-order valence-electron chi connectivity index (χ2n) is 9.64. The van der Waals surface area contributed by atoms with Crippen LogP contribution in [0.3, 0.4) is 0 Å². The molecule has 0 saturated carbocycles. The van der Waals surface area contributed by atoms with Gasteiger partial charge in [-0.1, -0.05) is 6.07 Å². The van der Waals surface area contributed by atoms with Crippen molar-refractivity contribution in [3.8, 4) is 22.5 Å². The zero-order chi connectivity index (χ0) is 28.0. The molecule has 2 aromatic carbocycles. The normalized spacial score (nSPS) is 13.3. The average Bonchev–Trinajstić information content (AvgIpc) is 3.22. The van der Waals surface area contributed by atoms with Gasteiger partial charge in [-0.15, -0.1) is 5.06 Å². The smallest absolute Gasteiger partial charge is 0.363 e. The number of hydroxylamine groups is 2. The highest BCUT2D eigenvalue weighted by atomic mass is 16.7. The number of hydrogen-bond donors (Lipinski definition) is 0. The van der Waals surface area contributed by atoms with Crippen LogP contribution < -0.4 is 19.9 Å². The summed E-state index contributed by atoms with van der Waals surface area (Å²) in [4.78, 5) is 56.1. The van der Waals surface area contributed by atoms with Crippen LogP contribution in [0.4, 0.5) is 5.69 Å². The molecule has 10 heteroatoms. The molecule has 2 aliphatic heterocycles. The molecule has 0 atom stereocenters. The van der Waals surface area contributed by atoms with Crippen LogP contribution >= 0.6 is 0 Å². The van der Waals surface area contributed by atoms with Crippen molar-refractivity contribution in [2.45, 2.75) is 12.8 Å². The van der Waals surface area contributed by atoms with Gasteiger partial charge in [0, 0.05) is 66.8 Å². The van der Waals surface area contributed by atoms with Gasteiger partial charge in [0.15, 0.2) is 0 Å². The fourth-order valence-electron chi connectivity index (χ4n) is 4.56. The summed E-state index contributed by atoms with van der Waals surface area (Å²) < 4.78 is 8.21. The first-order valence-electron chi connectivity index (χ1n) is 12.2. The third kappa shape index (κ3) is 4.61. The molecule has 2 amide bonds. The largest absolute Gasteiger partial charge is 0.545 e. The summed E-state index contributed by atoms with van der Waals surface area (Å²) in [5.41, 5.74) is 2.52. The fraction of sp³-hybridized carbons (Fsp3) is 0.207. The van der Waals surface area contributed by atoms with E-state index >= 15 is 0 Å². The van der Waals surface area contributed by atoms with E-state index in [-0.39, 0.29) is 29.5 Å². The monoisotopic (exact) mass is 527 g/mol. The van der Waals surface area contributed by atoms with Crippen LogP contribution in [-0.4, -0.2) is 57.0 Å². The summed E-state index contributed by atoms with van der Waals surface area (Å²) in [6, 6.07) is 15.0. The van der Waals surface area contributed by atoms with Crippen molar-refractivity contribution in [1.29, 1.82) is 0 Å². The van der Waals surface area contributed by atoms with Crippen LogP contribution in [0, 0.1) is 0 Å². The summed E-state index contributed by atoms with van der Waals surface area (Å²) in [6.45, 7) is 0. The van der Waals surface area contributed by atoms with E-state index in [0.717, 1.165) is 11.0 Å². The highest BCUT2D eigenvalue weighted by Gasteiger charge is 2.33. The highest BCUT2D eigenvalue weighted by molar-refractivity contribution is 6.09. The van der Waals surface area contributed by atoms with Gasteiger partial charge < -0.3 is 24.1 Å². The van der Waals surface area contributed by atoms with Crippen molar-refractivity contribution in [1.82, 2.24) is 9.64 Å². The molecule has 2 aromatic rings. The van der Waals surface area contributed by atoms with Crippen LogP contribution in [0.1, 0.15) is 33.6 Å². The fourth-order valence-corrected chi connectivity index (χ4v) is 4.56. The van der Waals surface area contributed by atoms with Crippen LogP contribution in [-0.2, 0) is 14.4 Å². The van der Waals surface area contributed by atoms with Gasteiger partial charge in [0.1, 0.15) is 25.4 Å². The number of amides is 2.